The molecule has 0 fully saturated rings. The van der Waals surface area contributed by atoms with Gasteiger partial charge in [-0.2, -0.15) is 0 Å². The van der Waals surface area contributed by atoms with Crippen molar-refractivity contribution in [3.63, 3.8) is 0 Å². The highest BCUT2D eigenvalue weighted by Crippen LogP contribution is 2.26. The first-order valence-electron chi connectivity index (χ1n) is 5.50. The maximum atomic E-state index is 11.4. The molecule has 0 saturated carbocycles. The van der Waals surface area contributed by atoms with Gasteiger partial charge in [0.25, 0.3) is 0 Å². The molecule has 1 atom stereocenters. The first kappa shape index (κ1) is 12.6. The van der Waals surface area contributed by atoms with E-state index in [0.717, 1.165) is 16.6 Å². The Bertz CT molecular complexity index is 586. The lowest BCUT2D eigenvalue weighted by Crippen LogP contribution is -2.27. The van der Waals surface area contributed by atoms with Gasteiger partial charge in [-0.15, -0.1) is 0 Å². The standard InChI is InChI=1S/C13H13ClN2O2/c1-8(13(17)18-2)16-11-7-10(14)6-9-4-3-5-15-12(9)11/h3-8,16H,1-2H3. The molecule has 1 N–H and O–H groups in total. The maximum absolute atomic E-state index is 11.4. The van der Waals surface area contributed by atoms with Gasteiger partial charge in [-0.1, -0.05) is 17.7 Å². The van der Waals surface area contributed by atoms with E-state index in [4.69, 9.17) is 11.6 Å². The minimum absolute atomic E-state index is 0.334. The second-order valence-electron chi connectivity index (χ2n) is 3.92. The molecule has 0 aliphatic carbocycles. The topological polar surface area (TPSA) is 51.2 Å². The molecule has 1 unspecified atom stereocenters. The van der Waals surface area contributed by atoms with Gasteiger partial charge in [0.05, 0.1) is 18.3 Å². The van der Waals surface area contributed by atoms with Crippen molar-refractivity contribution >= 4 is 34.2 Å². The molecule has 94 valence electrons. The molecule has 0 saturated heterocycles. The van der Waals surface area contributed by atoms with Crippen LogP contribution in [0.2, 0.25) is 5.02 Å². The summed E-state index contributed by atoms with van der Waals surface area (Å²) in [7, 11) is 1.36. The molecular weight excluding hydrogens is 252 g/mol. The molecule has 0 bridgehead atoms. The molecule has 4 nitrogen and oxygen atoms in total. The Hall–Kier alpha value is -1.81. The van der Waals surface area contributed by atoms with Crippen LogP contribution in [0.1, 0.15) is 6.92 Å². The summed E-state index contributed by atoms with van der Waals surface area (Å²) >= 11 is 6.04. The van der Waals surface area contributed by atoms with E-state index in [-0.39, 0.29) is 5.97 Å². The van der Waals surface area contributed by atoms with E-state index in [9.17, 15) is 4.79 Å². The molecule has 0 spiro atoms. The predicted octanol–water partition coefficient (Wildman–Crippen LogP) is 2.86. The lowest BCUT2D eigenvalue weighted by Gasteiger charge is -2.14. The number of carbonyl (C=O) groups is 1. The van der Waals surface area contributed by atoms with Crippen molar-refractivity contribution in [3.05, 3.63) is 35.5 Å². The van der Waals surface area contributed by atoms with Gasteiger partial charge in [0, 0.05) is 16.6 Å². The molecule has 2 aromatic rings. The largest absolute Gasteiger partial charge is 0.467 e. The Morgan fingerprint density at radius 1 is 1.50 bits per heavy atom. The number of esters is 1. The van der Waals surface area contributed by atoms with E-state index in [2.05, 4.69) is 15.0 Å². The summed E-state index contributed by atoms with van der Waals surface area (Å²) < 4.78 is 4.67. The third-order valence-electron chi connectivity index (χ3n) is 2.60. The van der Waals surface area contributed by atoms with E-state index in [1.165, 1.54) is 7.11 Å². The highest BCUT2D eigenvalue weighted by molar-refractivity contribution is 6.31. The average Bonchev–Trinajstić information content (AvgIpc) is 2.37. The highest BCUT2D eigenvalue weighted by Gasteiger charge is 2.14. The van der Waals surface area contributed by atoms with Crippen LogP contribution in [0, 0.1) is 0 Å². The van der Waals surface area contributed by atoms with Crippen molar-refractivity contribution < 1.29 is 9.53 Å². The fraction of sp³-hybridized carbons (Fsp3) is 0.231. The summed E-state index contributed by atoms with van der Waals surface area (Å²) in [6.45, 7) is 1.72. The van der Waals surface area contributed by atoms with E-state index < -0.39 is 6.04 Å². The number of anilines is 1. The number of aromatic nitrogens is 1. The number of rotatable bonds is 3. The van der Waals surface area contributed by atoms with Crippen molar-refractivity contribution in [1.29, 1.82) is 0 Å². The zero-order chi connectivity index (χ0) is 13.1. The Balaban J connectivity index is 2.41. The normalized spacial score (nSPS) is 12.2. The number of pyridine rings is 1. The number of carbonyl (C=O) groups excluding carboxylic acids is 1. The Morgan fingerprint density at radius 3 is 3.00 bits per heavy atom. The molecule has 0 amide bonds. The molecule has 5 heteroatoms. The van der Waals surface area contributed by atoms with Crippen molar-refractivity contribution in [1.82, 2.24) is 4.98 Å². The Kier molecular flexibility index (Phi) is 3.67. The maximum Gasteiger partial charge on any atom is 0.327 e. The third-order valence-corrected chi connectivity index (χ3v) is 2.81. The number of fused-ring (bicyclic) bond motifs is 1. The summed E-state index contributed by atoms with van der Waals surface area (Å²) in [6, 6.07) is 6.88. The molecule has 1 aromatic carbocycles. The monoisotopic (exact) mass is 264 g/mol. The first-order valence-corrected chi connectivity index (χ1v) is 5.88. The minimum Gasteiger partial charge on any atom is -0.467 e. The van der Waals surface area contributed by atoms with E-state index in [1.54, 1.807) is 19.2 Å². The van der Waals surface area contributed by atoms with Crippen molar-refractivity contribution in [3.8, 4) is 0 Å². The molecule has 0 aliphatic rings. The fourth-order valence-corrected chi connectivity index (χ4v) is 1.96. The number of nitrogens with zero attached hydrogens (tertiary/aromatic N) is 1. The Morgan fingerprint density at radius 2 is 2.28 bits per heavy atom. The van der Waals surface area contributed by atoms with Gasteiger partial charge in [-0.25, -0.2) is 4.79 Å². The number of methoxy groups -OCH3 is 1. The molecule has 0 radical (unpaired) electrons. The number of benzene rings is 1. The number of halogens is 1. The second-order valence-corrected chi connectivity index (χ2v) is 4.35. The molecule has 1 heterocycles. The average molecular weight is 265 g/mol. The minimum atomic E-state index is -0.460. The Labute approximate surface area is 110 Å². The number of nitrogens with one attached hydrogen (secondary N) is 1. The van der Waals surface area contributed by atoms with Gasteiger partial charge in [0.1, 0.15) is 6.04 Å². The van der Waals surface area contributed by atoms with Gasteiger partial charge in [-0.05, 0) is 25.1 Å². The van der Waals surface area contributed by atoms with Crippen molar-refractivity contribution in [2.45, 2.75) is 13.0 Å². The first-order chi connectivity index (χ1) is 8.61. The van der Waals surface area contributed by atoms with Crippen molar-refractivity contribution in [2.75, 3.05) is 12.4 Å². The lowest BCUT2D eigenvalue weighted by atomic mass is 10.2. The number of hydrogen-bond donors (Lipinski definition) is 1. The van der Waals surface area contributed by atoms with Crippen LogP contribution in [0.15, 0.2) is 30.5 Å². The van der Waals surface area contributed by atoms with E-state index >= 15 is 0 Å². The van der Waals surface area contributed by atoms with Crippen LogP contribution in [0.5, 0.6) is 0 Å². The van der Waals surface area contributed by atoms with Crippen LogP contribution in [0.4, 0.5) is 5.69 Å². The van der Waals surface area contributed by atoms with Gasteiger partial charge in [0.2, 0.25) is 0 Å². The van der Waals surface area contributed by atoms with Crippen LogP contribution >= 0.6 is 11.6 Å². The zero-order valence-corrected chi connectivity index (χ0v) is 10.9. The summed E-state index contributed by atoms with van der Waals surface area (Å²) in [5.74, 6) is -0.334. The number of hydrogen-bond acceptors (Lipinski definition) is 4. The number of ether oxygens (including phenoxy) is 1. The van der Waals surface area contributed by atoms with Crippen LogP contribution < -0.4 is 5.32 Å². The highest BCUT2D eigenvalue weighted by atomic mass is 35.5. The van der Waals surface area contributed by atoms with Gasteiger partial charge < -0.3 is 10.1 Å². The zero-order valence-electron chi connectivity index (χ0n) is 10.1. The second kappa shape index (κ2) is 5.23. The van der Waals surface area contributed by atoms with Crippen LogP contribution in [0.25, 0.3) is 10.9 Å². The summed E-state index contributed by atoms with van der Waals surface area (Å²) in [5, 5.41) is 4.57. The smallest absolute Gasteiger partial charge is 0.327 e. The predicted molar refractivity (Wildman–Crippen MR) is 71.9 cm³/mol. The van der Waals surface area contributed by atoms with Crippen LogP contribution in [0.3, 0.4) is 0 Å². The quantitative estimate of drug-likeness (QED) is 0.866. The lowest BCUT2D eigenvalue weighted by molar-refractivity contribution is -0.141. The molecule has 18 heavy (non-hydrogen) atoms. The van der Waals surface area contributed by atoms with Crippen molar-refractivity contribution in [2.24, 2.45) is 0 Å². The summed E-state index contributed by atoms with van der Waals surface area (Å²) in [6.07, 6.45) is 1.70. The van der Waals surface area contributed by atoms with Gasteiger partial charge >= 0.3 is 5.97 Å². The SMILES string of the molecule is COC(=O)C(C)Nc1cc(Cl)cc2cccnc12. The van der Waals surface area contributed by atoms with E-state index in [0.29, 0.717) is 5.02 Å². The summed E-state index contributed by atoms with van der Waals surface area (Å²) in [4.78, 5) is 15.7. The van der Waals surface area contributed by atoms with Gasteiger partial charge in [-0.3, -0.25) is 4.98 Å². The fourth-order valence-electron chi connectivity index (χ4n) is 1.73. The van der Waals surface area contributed by atoms with Crippen LogP contribution in [-0.4, -0.2) is 24.1 Å². The van der Waals surface area contributed by atoms with E-state index in [1.807, 2.05) is 18.2 Å². The molecule has 2 rings (SSSR count). The van der Waals surface area contributed by atoms with Crippen LogP contribution in [-0.2, 0) is 9.53 Å². The summed E-state index contributed by atoms with van der Waals surface area (Å²) in [5.41, 5.74) is 1.49. The molecular formula is C13H13ClN2O2. The molecule has 1 aromatic heterocycles. The third kappa shape index (κ3) is 2.54. The van der Waals surface area contributed by atoms with Gasteiger partial charge in [0.15, 0.2) is 0 Å². The molecule has 0 aliphatic heterocycles.